The Hall–Kier alpha value is -1.06. The van der Waals surface area contributed by atoms with Gasteiger partial charge in [-0.05, 0) is 44.4 Å². The van der Waals surface area contributed by atoms with Gasteiger partial charge in [-0.2, -0.15) is 0 Å². The lowest BCUT2D eigenvalue weighted by molar-refractivity contribution is -0.137. The van der Waals surface area contributed by atoms with E-state index in [4.69, 9.17) is 17.3 Å². The molecule has 0 saturated carbocycles. The van der Waals surface area contributed by atoms with Gasteiger partial charge in [-0.3, -0.25) is 4.79 Å². The summed E-state index contributed by atoms with van der Waals surface area (Å²) in [6.07, 6.45) is 0. The van der Waals surface area contributed by atoms with Gasteiger partial charge in [0, 0.05) is 11.1 Å². The van der Waals surface area contributed by atoms with Gasteiger partial charge in [0.15, 0.2) is 0 Å². The predicted octanol–water partition coefficient (Wildman–Crippen LogP) is 3.62. The van der Waals surface area contributed by atoms with E-state index in [1.54, 1.807) is 0 Å². The molecule has 1 aromatic carbocycles. The zero-order chi connectivity index (χ0) is 15.4. The van der Waals surface area contributed by atoms with Gasteiger partial charge in [0.1, 0.15) is 0 Å². The van der Waals surface area contributed by atoms with E-state index in [1.165, 1.54) is 0 Å². The van der Waals surface area contributed by atoms with E-state index >= 15 is 0 Å². The Kier molecular flexibility index (Phi) is 6.03. The van der Waals surface area contributed by atoms with Crippen LogP contribution in [0.15, 0.2) is 24.3 Å². The molecule has 0 aliphatic carbocycles. The van der Waals surface area contributed by atoms with Crippen molar-refractivity contribution in [2.45, 2.75) is 52.7 Å². The van der Waals surface area contributed by atoms with Crippen molar-refractivity contribution in [2.24, 2.45) is 11.7 Å². The van der Waals surface area contributed by atoms with Gasteiger partial charge < -0.3 is 10.6 Å². The van der Waals surface area contributed by atoms with Crippen LogP contribution < -0.4 is 5.73 Å². The first-order valence-electron chi connectivity index (χ1n) is 7.09. The summed E-state index contributed by atoms with van der Waals surface area (Å²) in [7, 11) is 0. The van der Waals surface area contributed by atoms with Gasteiger partial charge in [0.2, 0.25) is 5.91 Å². The van der Waals surface area contributed by atoms with Crippen LogP contribution in [0.5, 0.6) is 0 Å². The maximum absolute atomic E-state index is 12.6. The number of halogens is 1. The third-order valence-corrected chi connectivity index (χ3v) is 3.80. The second kappa shape index (κ2) is 7.09. The van der Waals surface area contributed by atoms with E-state index in [1.807, 2.05) is 63.8 Å². The van der Waals surface area contributed by atoms with Gasteiger partial charge in [-0.15, -0.1) is 0 Å². The molecule has 0 aliphatic rings. The van der Waals surface area contributed by atoms with Crippen molar-refractivity contribution < 1.29 is 4.79 Å². The maximum Gasteiger partial charge on any atom is 0.240 e. The van der Waals surface area contributed by atoms with E-state index in [9.17, 15) is 4.79 Å². The van der Waals surface area contributed by atoms with Crippen molar-refractivity contribution >= 4 is 17.5 Å². The average molecular weight is 297 g/mol. The lowest BCUT2D eigenvalue weighted by Gasteiger charge is -2.36. The maximum atomic E-state index is 12.6. The summed E-state index contributed by atoms with van der Waals surface area (Å²) in [4.78, 5) is 14.4. The molecule has 0 heterocycles. The molecular weight excluding hydrogens is 272 g/mol. The fourth-order valence-corrected chi connectivity index (χ4v) is 2.48. The molecule has 0 bridgehead atoms. The Morgan fingerprint density at radius 3 is 2.25 bits per heavy atom. The zero-order valence-electron chi connectivity index (χ0n) is 12.9. The molecule has 1 aromatic rings. The molecule has 2 N–H and O–H groups in total. The van der Waals surface area contributed by atoms with Crippen LogP contribution in [0.4, 0.5) is 0 Å². The molecule has 2 atom stereocenters. The molecule has 0 aliphatic heterocycles. The third-order valence-electron chi connectivity index (χ3n) is 3.56. The summed E-state index contributed by atoms with van der Waals surface area (Å²) in [5, 5.41) is 0.679. The van der Waals surface area contributed by atoms with Crippen molar-refractivity contribution in [3.63, 3.8) is 0 Å². The Morgan fingerprint density at radius 2 is 1.80 bits per heavy atom. The first-order chi connectivity index (χ1) is 9.25. The highest BCUT2D eigenvalue weighted by Gasteiger charge is 2.29. The number of rotatable bonds is 5. The number of amides is 1. The van der Waals surface area contributed by atoms with Crippen molar-refractivity contribution in [1.82, 2.24) is 4.90 Å². The summed E-state index contributed by atoms with van der Waals surface area (Å²) in [6, 6.07) is 7.18. The smallest absolute Gasteiger partial charge is 0.240 e. The molecule has 112 valence electrons. The van der Waals surface area contributed by atoms with Gasteiger partial charge >= 0.3 is 0 Å². The highest BCUT2D eigenvalue weighted by atomic mass is 35.5. The first kappa shape index (κ1) is 17.0. The molecular formula is C16H25ClN2O. The Balaban J connectivity index is 3.05. The van der Waals surface area contributed by atoms with E-state index in [0.29, 0.717) is 5.02 Å². The average Bonchev–Trinajstić information content (AvgIpc) is 2.37. The van der Waals surface area contributed by atoms with Crippen molar-refractivity contribution in [1.29, 1.82) is 0 Å². The minimum Gasteiger partial charge on any atom is -0.332 e. The van der Waals surface area contributed by atoms with E-state index in [-0.39, 0.29) is 23.9 Å². The van der Waals surface area contributed by atoms with Crippen molar-refractivity contribution in [3.05, 3.63) is 34.9 Å². The number of nitrogens with zero attached hydrogens (tertiary/aromatic N) is 1. The lowest BCUT2D eigenvalue weighted by atomic mass is 9.99. The largest absolute Gasteiger partial charge is 0.332 e. The lowest BCUT2D eigenvalue weighted by Crippen LogP contribution is -2.50. The first-order valence-corrected chi connectivity index (χ1v) is 7.46. The highest BCUT2D eigenvalue weighted by Crippen LogP contribution is 2.26. The van der Waals surface area contributed by atoms with Crippen LogP contribution in [0.3, 0.4) is 0 Å². The minimum absolute atomic E-state index is 0.0116. The van der Waals surface area contributed by atoms with E-state index in [0.717, 1.165) is 5.56 Å². The minimum atomic E-state index is -0.473. The van der Waals surface area contributed by atoms with E-state index < -0.39 is 6.04 Å². The summed E-state index contributed by atoms with van der Waals surface area (Å²) in [5.41, 5.74) is 7.05. The molecule has 1 rings (SSSR count). The van der Waals surface area contributed by atoms with Gasteiger partial charge in [0.25, 0.3) is 0 Å². The zero-order valence-corrected chi connectivity index (χ0v) is 13.7. The summed E-state index contributed by atoms with van der Waals surface area (Å²) in [5.74, 6) is 0.109. The Morgan fingerprint density at radius 1 is 1.20 bits per heavy atom. The normalized spacial score (nSPS) is 14.4. The van der Waals surface area contributed by atoms with Crippen LogP contribution in [0.1, 0.15) is 46.2 Å². The van der Waals surface area contributed by atoms with Crippen molar-refractivity contribution in [3.8, 4) is 0 Å². The fourth-order valence-electron chi connectivity index (χ4n) is 2.28. The topological polar surface area (TPSA) is 46.3 Å². The SMILES string of the molecule is CC(C)[C@H](N)C(=O)N(C(C)C)[C@H](C)c1cccc(Cl)c1. The van der Waals surface area contributed by atoms with Gasteiger partial charge in [0.05, 0.1) is 12.1 Å². The number of carbonyl (C=O) groups excluding carboxylic acids is 1. The van der Waals surface area contributed by atoms with Gasteiger partial charge in [-0.1, -0.05) is 37.6 Å². The Labute approximate surface area is 127 Å². The summed E-state index contributed by atoms with van der Waals surface area (Å²) in [6.45, 7) is 9.95. The fraction of sp³-hybridized carbons (Fsp3) is 0.562. The van der Waals surface area contributed by atoms with Crippen molar-refractivity contribution in [2.75, 3.05) is 0 Å². The van der Waals surface area contributed by atoms with Gasteiger partial charge in [-0.25, -0.2) is 0 Å². The number of hydrogen-bond acceptors (Lipinski definition) is 2. The van der Waals surface area contributed by atoms with Crippen LogP contribution in [0.2, 0.25) is 5.02 Å². The third kappa shape index (κ3) is 3.97. The predicted molar refractivity (Wildman–Crippen MR) is 84.7 cm³/mol. The molecule has 4 heteroatoms. The standard InChI is InChI=1S/C16H25ClN2O/c1-10(2)15(18)16(20)19(11(3)4)12(5)13-7-6-8-14(17)9-13/h6-12,15H,18H2,1-5H3/t12-,15+/m1/s1. The van der Waals surface area contributed by atoms with Crippen LogP contribution in [-0.2, 0) is 4.79 Å². The second-order valence-electron chi connectivity index (χ2n) is 5.84. The molecule has 0 saturated heterocycles. The highest BCUT2D eigenvalue weighted by molar-refractivity contribution is 6.30. The number of hydrogen-bond donors (Lipinski definition) is 1. The van der Waals surface area contributed by atoms with Crippen LogP contribution >= 0.6 is 11.6 Å². The molecule has 0 unspecified atom stereocenters. The van der Waals surface area contributed by atoms with Crippen LogP contribution in [0, 0.1) is 5.92 Å². The molecule has 20 heavy (non-hydrogen) atoms. The number of nitrogens with two attached hydrogens (primary N) is 1. The molecule has 0 spiro atoms. The molecule has 1 amide bonds. The van der Waals surface area contributed by atoms with Crippen LogP contribution in [0.25, 0.3) is 0 Å². The quantitative estimate of drug-likeness (QED) is 0.902. The Bertz CT molecular complexity index is 460. The molecule has 0 fully saturated rings. The van der Waals surface area contributed by atoms with Crippen LogP contribution in [-0.4, -0.2) is 22.9 Å². The number of benzene rings is 1. The molecule has 3 nitrogen and oxygen atoms in total. The summed E-state index contributed by atoms with van der Waals surface area (Å²) < 4.78 is 0. The molecule has 0 aromatic heterocycles. The molecule has 0 radical (unpaired) electrons. The monoisotopic (exact) mass is 296 g/mol. The second-order valence-corrected chi connectivity index (χ2v) is 6.28. The van der Waals surface area contributed by atoms with E-state index in [2.05, 4.69) is 0 Å². The number of carbonyl (C=O) groups is 1. The summed E-state index contributed by atoms with van der Waals surface area (Å²) >= 11 is 6.04.